The van der Waals surface area contributed by atoms with Crippen molar-refractivity contribution in [2.24, 2.45) is 5.41 Å². The van der Waals surface area contributed by atoms with Gasteiger partial charge in [-0.05, 0) is 98.8 Å². The summed E-state index contributed by atoms with van der Waals surface area (Å²) in [6.45, 7) is 6.26. The molecule has 0 amide bonds. The van der Waals surface area contributed by atoms with Crippen LogP contribution in [0.15, 0.2) is 18.2 Å². The molecule has 2 fully saturated rings. The molecule has 1 aromatic carbocycles. The van der Waals surface area contributed by atoms with Gasteiger partial charge in [-0.3, -0.25) is 0 Å². The van der Waals surface area contributed by atoms with Crippen molar-refractivity contribution in [2.75, 3.05) is 31.6 Å². The predicted molar refractivity (Wildman–Crippen MR) is 120 cm³/mol. The van der Waals surface area contributed by atoms with Crippen LogP contribution in [-0.4, -0.2) is 37.3 Å². The van der Waals surface area contributed by atoms with Crippen molar-refractivity contribution in [1.29, 1.82) is 0 Å². The van der Waals surface area contributed by atoms with E-state index in [1.165, 1.54) is 60.6 Å². The van der Waals surface area contributed by atoms with Crippen molar-refractivity contribution in [3.8, 4) is 0 Å². The summed E-state index contributed by atoms with van der Waals surface area (Å²) in [5.74, 6) is 0.989. The molecule has 4 nitrogen and oxygen atoms in total. The molecule has 154 valence electrons. The number of anilines is 1. The summed E-state index contributed by atoms with van der Waals surface area (Å²) in [5.41, 5.74) is 5.89. The first-order chi connectivity index (χ1) is 12.7. The lowest BCUT2D eigenvalue weighted by molar-refractivity contribution is 0.0924. The van der Waals surface area contributed by atoms with Crippen LogP contribution in [-0.2, 0) is 17.6 Å². The van der Waals surface area contributed by atoms with E-state index in [9.17, 15) is 0 Å². The third-order valence-electron chi connectivity index (χ3n) is 6.69. The Hall–Kier alpha value is -1.07. The Morgan fingerprint density at radius 3 is 2.68 bits per heavy atom. The predicted octanol–water partition coefficient (Wildman–Crippen LogP) is 4.45. The third-order valence-corrected chi connectivity index (χ3v) is 6.69. The van der Waals surface area contributed by atoms with Crippen LogP contribution in [0.3, 0.4) is 0 Å². The molecule has 2 saturated heterocycles. The van der Waals surface area contributed by atoms with Gasteiger partial charge in [0.2, 0.25) is 0 Å². The average Bonchev–Trinajstić information content (AvgIpc) is 3.26. The molecule has 6 heteroatoms. The summed E-state index contributed by atoms with van der Waals surface area (Å²) >= 11 is 0. The van der Waals surface area contributed by atoms with Crippen LogP contribution in [0.1, 0.15) is 42.4 Å². The zero-order valence-electron chi connectivity index (χ0n) is 16.6. The largest absolute Gasteiger partial charge is 0.376 e. The van der Waals surface area contributed by atoms with Crippen molar-refractivity contribution < 1.29 is 4.74 Å². The Morgan fingerprint density at radius 2 is 1.89 bits per heavy atom. The normalized spacial score (nSPS) is 22.5. The van der Waals surface area contributed by atoms with Crippen molar-refractivity contribution in [3.05, 3.63) is 34.9 Å². The molecule has 1 atom stereocenters. The number of fused-ring (bicyclic) bond motifs is 2. The first-order valence-electron chi connectivity index (χ1n) is 10.2. The van der Waals surface area contributed by atoms with Crippen LogP contribution in [0.5, 0.6) is 0 Å². The maximum atomic E-state index is 6.13. The van der Waals surface area contributed by atoms with Gasteiger partial charge in [0.15, 0.2) is 0 Å². The smallest absolute Gasteiger partial charge is 0.127 e. The van der Waals surface area contributed by atoms with Gasteiger partial charge < -0.3 is 15.4 Å². The number of nitrogens with one attached hydrogen (secondary N) is 2. The topological polar surface area (TPSA) is 46.2 Å². The molecule has 1 unspecified atom stereocenters. The Bertz CT molecular complexity index is 836. The zero-order chi connectivity index (χ0) is 17.6. The fourth-order valence-corrected chi connectivity index (χ4v) is 5.11. The van der Waals surface area contributed by atoms with Gasteiger partial charge in [-0.25, -0.2) is 4.98 Å². The molecule has 0 saturated carbocycles. The Morgan fingerprint density at radius 1 is 1.14 bits per heavy atom. The second kappa shape index (κ2) is 8.74. The molecule has 2 N–H and O–H groups in total. The molecule has 2 aliphatic heterocycles. The molecule has 5 rings (SSSR count). The number of rotatable bonds is 3. The van der Waals surface area contributed by atoms with E-state index >= 15 is 0 Å². The van der Waals surface area contributed by atoms with Gasteiger partial charge in [-0.2, -0.15) is 0 Å². The van der Waals surface area contributed by atoms with Crippen molar-refractivity contribution in [3.63, 3.8) is 0 Å². The van der Waals surface area contributed by atoms with Gasteiger partial charge in [-0.15, -0.1) is 24.8 Å². The molecule has 1 aliphatic carbocycles. The van der Waals surface area contributed by atoms with Crippen LogP contribution in [0.4, 0.5) is 5.82 Å². The molecule has 0 bridgehead atoms. The highest BCUT2D eigenvalue weighted by Gasteiger charge is 2.40. The number of pyridine rings is 1. The highest BCUT2D eigenvalue weighted by molar-refractivity contribution is 5.86. The highest BCUT2D eigenvalue weighted by atomic mass is 35.5. The summed E-state index contributed by atoms with van der Waals surface area (Å²) in [6, 6.07) is 6.87. The summed E-state index contributed by atoms with van der Waals surface area (Å²) in [4.78, 5) is 4.90. The summed E-state index contributed by atoms with van der Waals surface area (Å²) < 4.78 is 6.13. The Balaban J connectivity index is 0.00000112. The van der Waals surface area contributed by atoms with Crippen molar-refractivity contribution in [2.45, 2.75) is 51.6 Å². The first-order valence-corrected chi connectivity index (χ1v) is 10.2. The van der Waals surface area contributed by atoms with E-state index in [2.05, 4.69) is 35.8 Å². The Kier molecular flexibility index (Phi) is 6.76. The van der Waals surface area contributed by atoms with Crippen molar-refractivity contribution >= 4 is 41.5 Å². The molecular formula is C22H31Cl2N3O. The molecule has 28 heavy (non-hydrogen) atoms. The van der Waals surface area contributed by atoms with Gasteiger partial charge in [0, 0.05) is 11.9 Å². The second-order valence-electron chi connectivity index (χ2n) is 8.58. The molecule has 3 aliphatic rings. The van der Waals surface area contributed by atoms with Crippen LogP contribution >= 0.6 is 24.8 Å². The third kappa shape index (κ3) is 4.11. The van der Waals surface area contributed by atoms with Gasteiger partial charge in [0.1, 0.15) is 5.82 Å². The van der Waals surface area contributed by atoms with E-state index in [0.29, 0.717) is 11.5 Å². The molecule has 1 aromatic heterocycles. The number of aromatic nitrogens is 1. The minimum atomic E-state index is 0. The summed E-state index contributed by atoms with van der Waals surface area (Å²) in [5, 5.41) is 8.33. The quantitative estimate of drug-likeness (QED) is 0.765. The lowest BCUT2D eigenvalue weighted by atomic mass is 9.77. The van der Waals surface area contributed by atoms with Crippen LogP contribution in [0, 0.1) is 12.3 Å². The van der Waals surface area contributed by atoms with Crippen LogP contribution in [0.2, 0.25) is 0 Å². The summed E-state index contributed by atoms with van der Waals surface area (Å²) in [7, 11) is 0. The molecule has 3 heterocycles. The summed E-state index contributed by atoms with van der Waals surface area (Å²) in [6.07, 6.45) is 7.71. The number of nitrogens with zero attached hydrogens (tertiary/aromatic N) is 1. The zero-order valence-corrected chi connectivity index (χ0v) is 18.2. The van der Waals surface area contributed by atoms with Gasteiger partial charge in [0.05, 0.1) is 18.2 Å². The molecule has 0 radical (unpaired) electrons. The minimum Gasteiger partial charge on any atom is -0.376 e. The Labute approximate surface area is 180 Å². The number of aryl methyl sites for hydroxylation is 3. The maximum absolute atomic E-state index is 6.13. The van der Waals surface area contributed by atoms with Crippen molar-refractivity contribution in [1.82, 2.24) is 10.3 Å². The second-order valence-corrected chi connectivity index (χ2v) is 8.58. The number of hydrogen-bond acceptors (Lipinski definition) is 4. The molecule has 2 aromatic rings. The number of ether oxygens (including phenoxy) is 1. The van der Waals surface area contributed by atoms with E-state index in [0.717, 1.165) is 37.6 Å². The minimum absolute atomic E-state index is 0. The van der Waals surface area contributed by atoms with E-state index in [-0.39, 0.29) is 24.8 Å². The lowest BCUT2D eigenvalue weighted by Gasteiger charge is -2.32. The van der Waals surface area contributed by atoms with Gasteiger partial charge in [-0.1, -0.05) is 0 Å². The fraction of sp³-hybridized carbons (Fsp3) is 0.591. The number of hydrogen-bond donors (Lipinski definition) is 2. The van der Waals surface area contributed by atoms with E-state index in [1.54, 1.807) is 0 Å². The lowest BCUT2D eigenvalue weighted by Crippen LogP contribution is -2.37. The highest BCUT2D eigenvalue weighted by Crippen LogP contribution is 2.40. The number of halogens is 2. The van der Waals surface area contributed by atoms with E-state index < -0.39 is 0 Å². The van der Waals surface area contributed by atoms with Gasteiger partial charge in [0.25, 0.3) is 0 Å². The standard InChI is InChI=1S/C22H29N3O.2ClH/c1-15-9-21(25-20-11-17-4-2-3-16(17)10-19(15)20)24-13-18-12-22(14-26-18)5-7-23-8-6-22;;/h9-11,18,23H,2-8,12-14H2,1H3,(H,24,25);2*1H. The first kappa shape index (κ1) is 21.6. The fourth-order valence-electron chi connectivity index (χ4n) is 5.11. The monoisotopic (exact) mass is 423 g/mol. The van der Waals surface area contributed by atoms with E-state index in [1.807, 2.05) is 0 Å². The van der Waals surface area contributed by atoms with Crippen LogP contribution in [0.25, 0.3) is 10.9 Å². The van der Waals surface area contributed by atoms with Gasteiger partial charge >= 0.3 is 0 Å². The number of benzene rings is 1. The van der Waals surface area contributed by atoms with Crippen LogP contribution < -0.4 is 10.6 Å². The maximum Gasteiger partial charge on any atom is 0.127 e. The molecule has 1 spiro atoms. The average molecular weight is 424 g/mol. The SMILES string of the molecule is Cc1cc(NCC2CC3(CCNCC3)CO2)nc2cc3c(cc12)CCC3.Cl.Cl. The number of piperidine rings is 1. The molecular weight excluding hydrogens is 393 g/mol. The van der Waals surface area contributed by atoms with E-state index in [4.69, 9.17) is 9.72 Å².